The van der Waals surface area contributed by atoms with Crippen molar-refractivity contribution in [3.63, 3.8) is 0 Å². The van der Waals surface area contributed by atoms with E-state index in [1.807, 2.05) is 6.92 Å². The molecule has 0 saturated heterocycles. The highest BCUT2D eigenvalue weighted by atomic mass is 16.3. The molecular formula is C18H24O2. The molecule has 20 heavy (non-hydrogen) atoms. The number of aryl methyl sites for hydroxylation is 2. The number of hydrogen-bond donors (Lipinski definition) is 2. The van der Waals surface area contributed by atoms with E-state index in [0.29, 0.717) is 5.76 Å². The molecule has 0 spiro atoms. The third-order valence-electron chi connectivity index (χ3n) is 4.82. The molecule has 1 aromatic rings. The molecule has 108 valence electrons. The fourth-order valence-corrected chi connectivity index (χ4v) is 3.49. The Bertz CT molecular complexity index is 544. The highest BCUT2D eigenvalue weighted by Crippen LogP contribution is 2.43. The number of allylic oxidation sites excluding steroid dienone is 1. The molecule has 2 aliphatic rings. The van der Waals surface area contributed by atoms with Gasteiger partial charge in [-0.3, -0.25) is 0 Å². The third-order valence-corrected chi connectivity index (χ3v) is 4.82. The fraction of sp³-hybridized carbons (Fsp3) is 0.556. The summed E-state index contributed by atoms with van der Waals surface area (Å²) in [4.78, 5) is 0. The zero-order valence-corrected chi connectivity index (χ0v) is 12.6. The van der Waals surface area contributed by atoms with E-state index in [0.717, 1.165) is 29.9 Å². The minimum Gasteiger partial charge on any atom is -0.512 e. The van der Waals surface area contributed by atoms with Crippen LogP contribution >= 0.6 is 0 Å². The smallest absolute Gasteiger partial charge is 0.101 e. The first-order valence-electron chi connectivity index (χ1n) is 7.71. The Labute approximate surface area is 121 Å². The van der Waals surface area contributed by atoms with E-state index in [2.05, 4.69) is 26.0 Å². The van der Waals surface area contributed by atoms with Gasteiger partial charge in [0.1, 0.15) is 5.76 Å². The van der Waals surface area contributed by atoms with E-state index in [1.165, 1.54) is 29.5 Å². The van der Waals surface area contributed by atoms with Crippen molar-refractivity contribution in [3.8, 4) is 0 Å². The monoisotopic (exact) mass is 272 g/mol. The van der Waals surface area contributed by atoms with Gasteiger partial charge in [0.05, 0.1) is 6.10 Å². The number of aliphatic hydroxyl groups excluding tert-OH is 2. The number of aliphatic hydroxyl groups is 2. The zero-order valence-electron chi connectivity index (χ0n) is 12.6. The molecule has 3 rings (SSSR count). The maximum absolute atomic E-state index is 10.4. The van der Waals surface area contributed by atoms with Crippen molar-refractivity contribution in [2.45, 2.75) is 58.5 Å². The average molecular weight is 272 g/mol. The van der Waals surface area contributed by atoms with Crippen molar-refractivity contribution >= 4 is 5.57 Å². The van der Waals surface area contributed by atoms with E-state index in [9.17, 15) is 10.2 Å². The molecular weight excluding hydrogens is 248 g/mol. The van der Waals surface area contributed by atoms with Crippen LogP contribution in [-0.4, -0.2) is 16.3 Å². The predicted octanol–water partition coefficient (Wildman–Crippen LogP) is 4.24. The van der Waals surface area contributed by atoms with E-state index in [-0.39, 0.29) is 5.92 Å². The van der Waals surface area contributed by atoms with Gasteiger partial charge >= 0.3 is 0 Å². The summed E-state index contributed by atoms with van der Waals surface area (Å²) in [6.45, 7) is 6.23. The molecule has 0 amide bonds. The highest BCUT2D eigenvalue weighted by molar-refractivity contribution is 5.76. The summed E-state index contributed by atoms with van der Waals surface area (Å²) in [6.07, 6.45) is 3.66. The van der Waals surface area contributed by atoms with Crippen molar-refractivity contribution in [3.05, 3.63) is 40.1 Å². The van der Waals surface area contributed by atoms with Gasteiger partial charge in [-0.25, -0.2) is 0 Å². The van der Waals surface area contributed by atoms with Crippen LogP contribution in [0, 0.1) is 19.8 Å². The summed E-state index contributed by atoms with van der Waals surface area (Å²) < 4.78 is 0. The molecule has 2 N–H and O–H groups in total. The van der Waals surface area contributed by atoms with Gasteiger partial charge in [0.15, 0.2) is 0 Å². The van der Waals surface area contributed by atoms with Gasteiger partial charge in [-0.2, -0.15) is 0 Å². The first-order chi connectivity index (χ1) is 9.49. The lowest BCUT2D eigenvalue weighted by Crippen LogP contribution is -2.22. The molecule has 0 aliphatic heterocycles. The van der Waals surface area contributed by atoms with E-state index in [1.54, 1.807) is 0 Å². The van der Waals surface area contributed by atoms with Crippen LogP contribution in [0.3, 0.4) is 0 Å². The second-order valence-electron chi connectivity index (χ2n) is 6.60. The SMILES string of the molecule is Cc1cc(C2CC2)cc(C)c1C1=C(O)C(C)CCC1O. The quantitative estimate of drug-likeness (QED) is 0.845. The van der Waals surface area contributed by atoms with Gasteiger partial charge in [0.2, 0.25) is 0 Å². The van der Waals surface area contributed by atoms with Gasteiger partial charge in [0.25, 0.3) is 0 Å². The van der Waals surface area contributed by atoms with Crippen LogP contribution in [-0.2, 0) is 0 Å². The third kappa shape index (κ3) is 2.26. The van der Waals surface area contributed by atoms with Crippen molar-refractivity contribution in [2.24, 2.45) is 5.92 Å². The molecule has 0 aromatic heterocycles. The number of rotatable bonds is 2. The highest BCUT2D eigenvalue weighted by Gasteiger charge is 2.30. The summed E-state index contributed by atoms with van der Waals surface area (Å²) in [5, 5.41) is 20.8. The largest absolute Gasteiger partial charge is 0.512 e. The lowest BCUT2D eigenvalue weighted by atomic mass is 9.81. The van der Waals surface area contributed by atoms with Gasteiger partial charge in [-0.15, -0.1) is 0 Å². The second-order valence-corrected chi connectivity index (χ2v) is 6.60. The molecule has 2 nitrogen and oxygen atoms in total. The number of benzene rings is 1. The van der Waals surface area contributed by atoms with Crippen LogP contribution in [0.5, 0.6) is 0 Å². The minimum absolute atomic E-state index is 0.148. The first kappa shape index (κ1) is 13.7. The number of hydrogen-bond acceptors (Lipinski definition) is 2. The van der Waals surface area contributed by atoms with Gasteiger partial charge in [-0.05, 0) is 67.7 Å². The van der Waals surface area contributed by atoms with Crippen molar-refractivity contribution in [1.29, 1.82) is 0 Å². The molecule has 1 aromatic carbocycles. The molecule has 1 fully saturated rings. The van der Waals surface area contributed by atoms with Gasteiger partial charge < -0.3 is 10.2 Å². The predicted molar refractivity (Wildman–Crippen MR) is 81.8 cm³/mol. The van der Waals surface area contributed by atoms with E-state index in [4.69, 9.17) is 0 Å². The molecule has 2 heteroatoms. The standard InChI is InChI=1S/C18H24O2/c1-10-4-7-15(19)17(18(10)20)16-11(2)8-14(9-12(16)3)13-5-6-13/h8-10,13,15,19-20H,4-7H2,1-3H3. The molecule has 2 aliphatic carbocycles. The molecule has 2 atom stereocenters. The topological polar surface area (TPSA) is 40.5 Å². The van der Waals surface area contributed by atoms with Crippen LogP contribution in [0.2, 0.25) is 0 Å². The summed E-state index contributed by atoms with van der Waals surface area (Å²) in [5.74, 6) is 1.27. The zero-order chi connectivity index (χ0) is 14.4. The van der Waals surface area contributed by atoms with Crippen LogP contribution in [0.15, 0.2) is 17.9 Å². The van der Waals surface area contributed by atoms with Gasteiger partial charge in [-0.1, -0.05) is 19.1 Å². The molecule has 2 unspecified atom stereocenters. The molecule has 1 saturated carbocycles. The second kappa shape index (κ2) is 4.92. The Hall–Kier alpha value is -1.28. The Morgan fingerprint density at radius 3 is 2.15 bits per heavy atom. The maximum atomic E-state index is 10.4. The average Bonchev–Trinajstić information content (AvgIpc) is 3.21. The van der Waals surface area contributed by atoms with E-state index < -0.39 is 6.10 Å². The van der Waals surface area contributed by atoms with Crippen molar-refractivity contribution in [2.75, 3.05) is 0 Å². The van der Waals surface area contributed by atoms with Crippen LogP contribution in [0.25, 0.3) is 5.57 Å². The summed E-state index contributed by atoms with van der Waals surface area (Å²) in [6, 6.07) is 4.48. The maximum Gasteiger partial charge on any atom is 0.101 e. The Morgan fingerprint density at radius 1 is 1.00 bits per heavy atom. The Morgan fingerprint density at radius 2 is 1.60 bits per heavy atom. The Balaban J connectivity index is 2.11. The fourth-order valence-electron chi connectivity index (χ4n) is 3.49. The van der Waals surface area contributed by atoms with Gasteiger partial charge in [0, 0.05) is 11.5 Å². The van der Waals surface area contributed by atoms with Crippen LogP contribution in [0.4, 0.5) is 0 Å². The first-order valence-corrected chi connectivity index (χ1v) is 7.71. The van der Waals surface area contributed by atoms with E-state index >= 15 is 0 Å². The summed E-state index contributed by atoms with van der Waals surface area (Å²) in [5.41, 5.74) is 5.61. The van der Waals surface area contributed by atoms with Crippen LogP contribution < -0.4 is 0 Å². The molecule has 0 heterocycles. The minimum atomic E-state index is -0.532. The summed E-state index contributed by atoms with van der Waals surface area (Å²) >= 11 is 0. The lowest BCUT2D eigenvalue weighted by Gasteiger charge is -2.28. The molecule has 0 bridgehead atoms. The summed E-state index contributed by atoms with van der Waals surface area (Å²) in [7, 11) is 0. The van der Waals surface area contributed by atoms with Crippen molar-refractivity contribution < 1.29 is 10.2 Å². The van der Waals surface area contributed by atoms with Crippen molar-refractivity contribution in [1.82, 2.24) is 0 Å². The van der Waals surface area contributed by atoms with Crippen LogP contribution in [0.1, 0.15) is 60.8 Å². The normalized spacial score (nSPS) is 27.0. The lowest BCUT2D eigenvalue weighted by molar-refractivity contribution is 0.184. The molecule has 0 radical (unpaired) electrons. The Kier molecular flexibility index (Phi) is 3.37.